The molecule has 0 aliphatic carbocycles. The van der Waals surface area contributed by atoms with Crippen LogP contribution in [-0.4, -0.2) is 16.5 Å². The second-order valence-corrected chi connectivity index (χ2v) is 6.77. The third-order valence-corrected chi connectivity index (χ3v) is 4.75. The van der Waals surface area contributed by atoms with Gasteiger partial charge < -0.3 is 9.88 Å². The molecule has 2 heterocycles. The molecule has 0 saturated carbocycles. The fraction of sp³-hybridized carbons (Fsp3) is 0.263. The van der Waals surface area contributed by atoms with Crippen LogP contribution in [-0.2, 0) is 13.0 Å². The second kappa shape index (κ2) is 5.95. The summed E-state index contributed by atoms with van der Waals surface area (Å²) in [7, 11) is 0. The molecule has 4 rings (SSSR count). The smallest absolute Gasteiger partial charge is 0.258 e. The molecular weight excluding hydrogens is 322 g/mol. The highest BCUT2D eigenvalue weighted by atomic mass is 35.5. The second-order valence-electron chi connectivity index (χ2n) is 6.33. The predicted molar refractivity (Wildman–Crippen MR) is 97.9 cm³/mol. The van der Waals surface area contributed by atoms with E-state index >= 15 is 0 Å². The van der Waals surface area contributed by atoms with Gasteiger partial charge in [0.1, 0.15) is 5.82 Å². The predicted octanol–water partition coefficient (Wildman–Crippen LogP) is 3.84. The lowest BCUT2D eigenvalue weighted by molar-refractivity contribution is 0.674. The Hall–Kier alpha value is -2.33. The lowest BCUT2D eigenvalue weighted by Crippen LogP contribution is -2.30. The number of aromatic amines is 1. The maximum atomic E-state index is 12.3. The summed E-state index contributed by atoms with van der Waals surface area (Å²) in [6.45, 7) is 3.68. The number of aromatic nitrogens is 2. The van der Waals surface area contributed by atoms with Gasteiger partial charge in [-0.15, -0.1) is 0 Å². The number of halogens is 1. The minimum Gasteiger partial charge on any atom is -0.364 e. The van der Waals surface area contributed by atoms with Crippen LogP contribution in [0.3, 0.4) is 0 Å². The van der Waals surface area contributed by atoms with Crippen molar-refractivity contribution in [2.45, 2.75) is 26.3 Å². The fourth-order valence-electron chi connectivity index (χ4n) is 3.34. The first-order valence-corrected chi connectivity index (χ1v) is 8.51. The molecule has 0 amide bonds. The first-order chi connectivity index (χ1) is 11.6. The molecule has 24 heavy (non-hydrogen) atoms. The highest BCUT2D eigenvalue weighted by Gasteiger charge is 2.18. The third-order valence-electron chi connectivity index (χ3n) is 4.51. The molecule has 4 nitrogen and oxygen atoms in total. The van der Waals surface area contributed by atoms with E-state index in [2.05, 4.69) is 40.0 Å². The van der Waals surface area contributed by atoms with Crippen molar-refractivity contribution in [3.8, 4) is 0 Å². The summed E-state index contributed by atoms with van der Waals surface area (Å²) < 4.78 is 0. The maximum Gasteiger partial charge on any atom is 0.258 e. The minimum atomic E-state index is -0.140. The average Bonchev–Trinajstić information content (AvgIpc) is 2.56. The van der Waals surface area contributed by atoms with Gasteiger partial charge in [-0.25, -0.2) is 4.98 Å². The van der Waals surface area contributed by atoms with Crippen LogP contribution in [0.5, 0.6) is 0 Å². The molecule has 0 atom stereocenters. The summed E-state index contributed by atoms with van der Waals surface area (Å²) in [5, 5.41) is 1.07. The van der Waals surface area contributed by atoms with Gasteiger partial charge in [-0.05, 0) is 55.2 Å². The van der Waals surface area contributed by atoms with Gasteiger partial charge in [0.15, 0.2) is 0 Å². The molecule has 2 aromatic carbocycles. The van der Waals surface area contributed by atoms with Crippen LogP contribution in [0, 0.1) is 6.92 Å². The number of aryl methyl sites for hydroxylation is 2. The number of benzene rings is 2. The summed E-state index contributed by atoms with van der Waals surface area (Å²) in [6, 6.07) is 11.8. The molecule has 1 N–H and O–H groups in total. The van der Waals surface area contributed by atoms with Crippen LogP contribution >= 0.6 is 11.6 Å². The Balaban J connectivity index is 1.72. The standard InChI is InChI=1S/C19H18ClN3O/c1-12-4-5-13-3-2-8-23(17(13)9-12)11-18-21-16-7-6-14(20)10-15(16)19(24)22-18/h4-7,9-10H,2-3,8,11H2,1H3,(H,21,22,24). The number of fused-ring (bicyclic) bond motifs is 2. The molecular formula is C19H18ClN3O. The number of hydrogen-bond acceptors (Lipinski definition) is 3. The molecule has 0 fully saturated rings. The van der Waals surface area contributed by atoms with Crippen LogP contribution in [0.25, 0.3) is 10.9 Å². The molecule has 5 heteroatoms. The van der Waals surface area contributed by atoms with E-state index in [4.69, 9.17) is 11.6 Å². The van der Waals surface area contributed by atoms with E-state index in [1.54, 1.807) is 18.2 Å². The van der Waals surface area contributed by atoms with Crippen molar-refractivity contribution in [2.24, 2.45) is 0 Å². The summed E-state index contributed by atoms with van der Waals surface area (Å²) in [6.07, 6.45) is 2.22. The normalized spacial score (nSPS) is 14.0. The van der Waals surface area contributed by atoms with E-state index in [1.165, 1.54) is 16.8 Å². The van der Waals surface area contributed by atoms with Gasteiger partial charge in [0.25, 0.3) is 5.56 Å². The molecule has 0 radical (unpaired) electrons. The SMILES string of the molecule is Cc1ccc2c(c1)N(Cc1nc3ccc(Cl)cc3c(=O)[nH]1)CCC2. The van der Waals surface area contributed by atoms with Crippen LogP contribution in [0.4, 0.5) is 5.69 Å². The lowest BCUT2D eigenvalue weighted by Gasteiger charge is -2.31. The number of anilines is 1. The molecule has 122 valence electrons. The molecule has 1 aromatic heterocycles. The van der Waals surface area contributed by atoms with Gasteiger partial charge >= 0.3 is 0 Å². The Morgan fingerprint density at radius 3 is 3.00 bits per heavy atom. The highest BCUT2D eigenvalue weighted by molar-refractivity contribution is 6.31. The third kappa shape index (κ3) is 2.78. The Morgan fingerprint density at radius 1 is 1.25 bits per heavy atom. The van der Waals surface area contributed by atoms with Crippen molar-refractivity contribution in [3.05, 3.63) is 68.7 Å². The monoisotopic (exact) mass is 339 g/mol. The number of nitrogens with one attached hydrogen (secondary N) is 1. The molecule has 0 spiro atoms. The van der Waals surface area contributed by atoms with Crippen LogP contribution in [0.2, 0.25) is 5.02 Å². The van der Waals surface area contributed by atoms with E-state index in [1.807, 2.05) is 0 Å². The van der Waals surface area contributed by atoms with Gasteiger partial charge in [-0.2, -0.15) is 0 Å². The van der Waals surface area contributed by atoms with E-state index in [-0.39, 0.29) is 5.56 Å². The molecule has 0 bridgehead atoms. The Morgan fingerprint density at radius 2 is 2.12 bits per heavy atom. The van der Waals surface area contributed by atoms with Crippen LogP contribution in [0.1, 0.15) is 23.4 Å². The summed E-state index contributed by atoms with van der Waals surface area (Å²) in [5.41, 5.74) is 4.40. The summed E-state index contributed by atoms with van der Waals surface area (Å²) >= 11 is 5.97. The zero-order chi connectivity index (χ0) is 16.7. The first kappa shape index (κ1) is 15.2. The van der Waals surface area contributed by atoms with Crippen LogP contribution in [0.15, 0.2) is 41.2 Å². The molecule has 1 aliphatic rings. The molecule has 0 unspecified atom stereocenters. The zero-order valence-electron chi connectivity index (χ0n) is 13.5. The number of rotatable bonds is 2. The van der Waals surface area contributed by atoms with Crippen molar-refractivity contribution < 1.29 is 0 Å². The number of H-pyrrole nitrogens is 1. The van der Waals surface area contributed by atoms with E-state index in [0.717, 1.165) is 19.4 Å². The fourth-order valence-corrected chi connectivity index (χ4v) is 3.51. The minimum absolute atomic E-state index is 0.140. The summed E-state index contributed by atoms with van der Waals surface area (Å²) in [5.74, 6) is 0.684. The molecule has 1 aliphatic heterocycles. The average molecular weight is 340 g/mol. The largest absolute Gasteiger partial charge is 0.364 e. The maximum absolute atomic E-state index is 12.3. The highest BCUT2D eigenvalue weighted by Crippen LogP contribution is 2.29. The lowest BCUT2D eigenvalue weighted by atomic mass is 10.00. The Kier molecular flexibility index (Phi) is 3.77. The van der Waals surface area contributed by atoms with Gasteiger partial charge in [-0.3, -0.25) is 4.79 Å². The van der Waals surface area contributed by atoms with Crippen molar-refractivity contribution in [1.82, 2.24) is 9.97 Å². The van der Waals surface area contributed by atoms with E-state index < -0.39 is 0 Å². The van der Waals surface area contributed by atoms with E-state index in [0.29, 0.717) is 28.3 Å². The quantitative estimate of drug-likeness (QED) is 0.771. The Labute approximate surface area is 145 Å². The number of nitrogens with zero attached hydrogens (tertiary/aromatic N) is 2. The van der Waals surface area contributed by atoms with Crippen molar-refractivity contribution in [1.29, 1.82) is 0 Å². The molecule has 0 saturated heterocycles. The van der Waals surface area contributed by atoms with Crippen LogP contribution < -0.4 is 10.5 Å². The Bertz CT molecular complexity index is 980. The first-order valence-electron chi connectivity index (χ1n) is 8.13. The zero-order valence-corrected chi connectivity index (χ0v) is 14.2. The van der Waals surface area contributed by atoms with Gasteiger partial charge in [-0.1, -0.05) is 23.7 Å². The van der Waals surface area contributed by atoms with Crippen molar-refractivity contribution in [2.75, 3.05) is 11.4 Å². The molecule has 3 aromatic rings. The van der Waals surface area contributed by atoms with Gasteiger partial charge in [0, 0.05) is 17.3 Å². The topological polar surface area (TPSA) is 49.0 Å². The van der Waals surface area contributed by atoms with E-state index in [9.17, 15) is 4.79 Å². The van der Waals surface area contributed by atoms with Gasteiger partial charge in [0.05, 0.1) is 17.4 Å². The summed E-state index contributed by atoms with van der Waals surface area (Å²) in [4.78, 5) is 22.1. The number of hydrogen-bond donors (Lipinski definition) is 1. The van der Waals surface area contributed by atoms with Crippen molar-refractivity contribution in [3.63, 3.8) is 0 Å². The van der Waals surface area contributed by atoms with Crippen molar-refractivity contribution >= 4 is 28.2 Å². The van der Waals surface area contributed by atoms with Gasteiger partial charge in [0.2, 0.25) is 0 Å².